The van der Waals surface area contributed by atoms with Crippen LogP contribution in [0.15, 0.2) is 36.5 Å². The summed E-state index contributed by atoms with van der Waals surface area (Å²) in [6, 6.07) is 0. The number of amides is 3. The number of allylic oxidation sites excluding steroid dienone is 4. The van der Waals surface area contributed by atoms with E-state index in [4.69, 9.17) is 18.5 Å². The van der Waals surface area contributed by atoms with E-state index in [9.17, 15) is 33.4 Å². The number of hydrogen-bond acceptors (Lipinski definition) is 11. The molecule has 0 bridgehead atoms. The van der Waals surface area contributed by atoms with Crippen LogP contribution in [-0.2, 0) is 47.1 Å². The molecule has 1 aliphatic rings. The van der Waals surface area contributed by atoms with Crippen LogP contribution in [-0.4, -0.2) is 78.5 Å². The molecule has 0 fully saturated rings. The number of esters is 2. The summed E-state index contributed by atoms with van der Waals surface area (Å²) in [5.74, 6) is -2.66. The number of carbonyl (C=O) groups is 5. The van der Waals surface area contributed by atoms with Gasteiger partial charge < -0.3 is 19.7 Å². The molecule has 14 heteroatoms. The van der Waals surface area contributed by atoms with Gasteiger partial charge in [-0.25, -0.2) is 9.46 Å². The Balaban J connectivity index is 2.37. The van der Waals surface area contributed by atoms with Crippen molar-refractivity contribution in [3.8, 4) is 0 Å². The Bertz CT molecular complexity index is 1380. The fraction of sp³-hybridized carbons (Fsp3) is 0.784. The maximum absolute atomic E-state index is 12.8. The monoisotopic (exact) mass is 937 g/mol. The molecular formula is C51H89N2O11P. The summed E-state index contributed by atoms with van der Waals surface area (Å²) in [4.78, 5) is 71.7. The molecule has 0 spiro atoms. The summed E-state index contributed by atoms with van der Waals surface area (Å²) in [6.07, 6.45) is 42.5. The number of rotatable bonds is 46. The number of imide groups is 3. The number of nitrogens with zero attached hydrogens (tertiary/aromatic N) is 1. The van der Waals surface area contributed by atoms with E-state index in [-0.39, 0.29) is 39.0 Å². The van der Waals surface area contributed by atoms with Gasteiger partial charge in [-0.1, -0.05) is 147 Å². The van der Waals surface area contributed by atoms with E-state index < -0.39 is 50.2 Å². The van der Waals surface area contributed by atoms with Crippen LogP contribution in [0.1, 0.15) is 219 Å². The zero-order valence-electron chi connectivity index (χ0n) is 40.6. The molecule has 374 valence electrons. The van der Waals surface area contributed by atoms with Gasteiger partial charge in [0.2, 0.25) is 5.91 Å². The second-order valence-corrected chi connectivity index (χ2v) is 18.8. The quantitative estimate of drug-likeness (QED) is 0.0195. The highest BCUT2D eigenvalue weighted by Gasteiger charge is 2.29. The Hall–Kier alpha value is -2.96. The summed E-state index contributed by atoms with van der Waals surface area (Å²) in [5, 5.41) is 3.08. The molecule has 0 aromatic heterocycles. The van der Waals surface area contributed by atoms with E-state index in [1.807, 2.05) is 0 Å². The molecule has 2 atom stereocenters. The van der Waals surface area contributed by atoms with Gasteiger partial charge in [-0.3, -0.25) is 33.0 Å². The van der Waals surface area contributed by atoms with E-state index in [0.717, 1.165) is 89.2 Å². The molecule has 1 rings (SSSR count). The molecule has 0 radical (unpaired) electrons. The van der Waals surface area contributed by atoms with Crippen LogP contribution < -0.4 is 5.32 Å². The zero-order chi connectivity index (χ0) is 47.5. The predicted octanol–water partition coefficient (Wildman–Crippen LogP) is 12.3. The van der Waals surface area contributed by atoms with Crippen LogP contribution >= 0.6 is 7.82 Å². The van der Waals surface area contributed by atoms with Gasteiger partial charge in [-0.05, 0) is 83.6 Å². The number of hydrogen-bond donors (Lipinski definition) is 2. The van der Waals surface area contributed by atoms with Gasteiger partial charge in [0.15, 0.2) is 6.10 Å². The first-order valence-electron chi connectivity index (χ1n) is 25.7. The predicted molar refractivity (Wildman–Crippen MR) is 259 cm³/mol. The van der Waals surface area contributed by atoms with E-state index in [1.165, 1.54) is 77.0 Å². The SMILES string of the molecule is CCCCCCCC/C=C\CCCCCCCC(=O)OC[C@H](COP(=O)(O)OCCNCCCCCC(=O)N1C(=O)C=CC1=O)OC(=O)CCCCCCC/C=C\CCCCCCCC. The smallest absolute Gasteiger partial charge is 0.462 e. The third-order valence-electron chi connectivity index (χ3n) is 11.3. The molecule has 0 aromatic rings. The summed E-state index contributed by atoms with van der Waals surface area (Å²) in [5.41, 5.74) is 0. The Labute approximate surface area is 393 Å². The highest BCUT2D eigenvalue weighted by Crippen LogP contribution is 2.43. The minimum absolute atomic E-state index is 0.0817. The van der Waals surface area contributed by atoms with Crippen LogP contribution in [0.2, 0.25) is 0 Å². The van der Waals surface area contributed by atoms with Crippen molar-refractivity contribution in [1.29, 1.82) is 0 Å². The van der Waals surface area contributed by atoms with Crippen LogP contribution in [0.3, 0.4) is 0 Å². The van der Waals surface area contributed by atoms with Crippen molar-refractivity contribution in [1.82, 2.24) is 10.2 Å². The first kappa shape index (κ1) is 60.1. The zero-order valence-corrected chi connectivity index (χ0v) is 41.5. The largest absolute Gasteiger partial charge is 0.472 e. The highest BCUT2D eigenvalue weighted by atomic mass is 31.2. The first-order chi connectivity index (χ1) is 31.6. The number of phosphoric acid groups is 1. The lowest BCUT2D eigenvalue weighted by Crippen LogP contribution is -2.36. The maximum atomic E-state index is 12.8. The third-order valence-corrected chi connectivity index (χ3v) is 12.3. The average Bonchev–Trinajstić information content (AvgIpc) is 3.63. The highest BCUT2D eigenvalue weighted by molar-refractivity contribution is 7.47. The van der Waals surface area contributed by atoms with Crippen molar-refractivity contribution in [2.45, 2.75) is 225 Å². The molecule has 0 aromatic carbocycles. The summed E-state index contributed by atoms with van der Waals surface area (Å²) >= 11 is 0. The van der Waals surface area contributed by atoms with Gasteiger partial charge in [0.05, 0.1) is 13.2 Å². The van der Waals surface area contributed by atoms with E-state index in [0.29, 0.717) is 43.5 Å². The number of unbranched alkanes of at least 4 members (excludes halogenated alkanes) is 24. The second kappa shape index (κ2) is 42.4. The van der Waals surface area contributed by atoms with Crippen molar-refractivity contribution in [3.63, 3.8) is 0 Å². The maximum Gasteiger partial charge on any atom is 0.472 e. The molecule has 1 unspecified atom stereocenters. The Kier molecular flexibility index (Phi) is 39.2. The molecule has 1 aliphatic heterocycles. The Morgan fingerprint density at radius 1 is 0.569 bits per heavy atom. The standard InChI is InChI=1S/C51H89N2O11P/c1-3-5-7-9-11-13-15-17-19-21-23-25-27-29-33-37-50(57)61-44-46(64-51(58)38-34-30-28-26-24-22-20-18-16-14-12-10-8-6-4-2)45-63-65(59,60)62-43-42-52-41-35-31-32-36-47(54)53-48(55)39-40-49(53)56/h17-20,39-40,46,52H,3-16,21-38,41-45H2,1-2H3,(H,59,60)/b19-17-,20-18-/t46-/m1/s1. The number of ether oxygens (including phenoxy) is 2. The molecular weight excluding hydrogens is 848 g/mol. The summed E-state index contributed by atoms with van der Waals surface area (Å²) in [7, 11) is -4.52. The number of carbonyl (C=O) groups excluding carboxylic acids is 5. The molecule has 0 saturated carbocycles. The summed E-state index contributed by atoms with van der Waals surface area (Å²) < 4.78 is 34.0. The van der Waals surface area contributed by atoms with Crippen molar-refractivity contribution < 1.29 is 52.0 Å². The molecule has 13 nitrogen and oxygen atoms in total. The van der Waals surface area contributed by atoms with Crippen LogP contribution in [0.4, 0.5) is 0 Å². The van der Waals surface area contributed by atoms with Crippen LogP contribution in [0.25, 0.3) is 0 Å². The van der Waals surface area contributed by atoms with E-state index in [2.05, 4.69) is 43.5 Å². The molecule has 0 aliphatic carbocycles. The third kappa shape index (κ3) is 36.8. The molecule has 65 heavy (non-hydrogen) atoms. The topological polar surface area (TPSA) is 175 Å². The molecule has 0 saturated heterocycles. The van der Waals surface area contributed by atoms with Gasteiger partial charge in [0, 0.05) is 38.0 Å². The number of phosphoric ester groups is 1. The normalized spacial score (nSPS) is 14.2. The van der Waals surface area contributed by atoms with E-state index in [1.54, 1.807) is 0 Å². The van der Waals surface area contributed by atoms with Gasteiger partial charge in [0.1, 0.15) is 6.61 Å². The van der Waals surface area contributed by atoms with E-state index >= 15 is 0 Å². The van der Waals surface area contributed by atoms with Crippen molar-refractivity contribution in [2.24, 2.45) is 0 Å². The van der Waals surface area contributed by atoms with Gasteiger partial charge in [-0.2, -0.15) is 0 Å². The van der Waals surface area contributed by atoms with Crippen molar-refractivity contribution in [2.75, 3.05) is 32.9 Å². The molecule has 3 amide bonds. The Morgan fingerprint density at radius 2 is 1.00 bits per heavy atom. The first-order valence-corrected chi connectivity index (χ1v) is 27.2. The molecule has 2 N–H and O–H groups in total. The minimum Gasteiger partial charge on any atom is -0.462 e. The van der Waals surface area contributed by atoms with Crippen molar-refractivity contribution >= 4 is 37.5 Å². The lowest BCUT2D eigenvalue weighted by Gasteiger charge is -2.20. The fourth-order valence-corrected chi connectivity index (χ4v) is 8.08. The number of nitrogens with one attached hydrogen (secondary N) is 1. The fourth-order valence-electron chi connectivity index (χ4n) is 7.33. The van der Waals surface area contributed by atoms with Crippen LogP contribution in [0.5, 0.6) is 0 Å². The lowest BCUT2D eigenvalue weighted by atomic mass is 10.1. The average molecular weight is 937 g/mol. The summed E-state index contributed by atoms with van der Waals surface area (Å²) in [6.45, 7) is 4.37. The lowest BCUT2D eigenvalue weighted by molar-refractivity contribution is -0.161. The molecule has 1 heterocycles. The van der Waals surface area contributed by atoms with Gasteiger partial charge >= 0.3 is 19.8 Å². The Morgan fingerprint density at radius 3 is 1.51 bits per heavy atom. The van der Waals surface area contributed by atoms with Crippen LogP contribution in [0, 0.1) is 0 Å². The second-order valence-electron chi connectivity index (χ2n) is 17.4. The van der Waals surface area contributed by atoms with Gasteiger partial charge in [0.25, 0.3) is 11.8 Å². The van der Waals surface area contributed by atoms with Crippen molar-refractivity contribution in [3.05, 3.63) is 36.5 Å². The minimum atomic E-state index is -4.52. The van der Waals surface area contributed by atoms with Gasteiger partial charge in [-0.15, -0.1) is 0 Å².